The van der Waals surface area contributed by atoms with E-state index in [0.717, 1.165) is 32.1 Å². The SMILES string of the molecule is COC12CCC(OCCC(=O)O)(CC1)C2. The first kappa shape index (κ1) is 10.9. The summed E-state index contributed by atoms with van der Waals surface area (Å²) >= 11 is 0. The summed E-state index contributed by atoms with van der Waals surface area (Å²) < 4.78 is 11.3. The Hall–Kier alpha value is -0.610. The van der Waals surface area contributed by atoms with E-state index in [0.29, 0.717) is 6.61 Å². The molecule has 0 aromatic rings. The van der Waals surface area contributed by atoms with Crippen LogP contribution in [0.5, 0.6) is 0 Å². The lowest BCUT2D eigenvalue weighted by molar-refractivity contribution is -0.140. The van der Waals surface area contributed by atoms with Crippen LogP contribution in [0.1, 0.15) is 38.5 Å². The van der Waals surface area contributed by atoms with Gasteiger partial charge in [0, 0.05) is 13.5 Å². The second kappa shape index (κ2) is 3.76. The normalized spacial score (nSPS) is 38.5. The number of carbonyl (C=O) groups is 1. The highest BCUT2D eigenvalue weighted by atomic mass is 16.5. The molecule has 0 aromatic heterocycles. The Balaban J connectivity index is 1.86. The fourth-order valence-electron chi connectivity index (χ4n) is 2.93. The lowest BCUT2D eigenvalue weighted by atomic mass is 9.95. The van der Waals surface area contributed by atoms with Gasteiger partial charge < -0.3 is 14.6 Å². The Kier molecular flexibility index (Phi) is 2.73. The zero-order valence-corrected chi connectivity index (χ0v) is 9.12. The van der Waals surface area contributed by atoms with Gasteiger partial charge in [-0.25, -0.2) is 0 Å². The fraction of sp³-hybridized carbons (Fsp3) is 0.909. The second-order valence-corrected chi connectivity index (χ2v) is 4.74. The summed E-state index contributed by atoms with van der Waals surface area (Å²) in [6, 6.07) is 0. The molecule has 86 valence electrons. The quantitative estimate of drug-likeness (QED) is 0.755. The maximum absolute atomic E-state index is 10.4. The molecule has 2 aliphatic carbocycles. The summed E-state index contributed by atoms with van der Waals surface area (Å²) in [7, 11) is 1.76. The van der Waals surface area contributed by atoms with Crippen LogP contribution in [-0.2, 0) is 14.3 Å². The first-order chi connectivity index (χ1) is 7.10. The minimum atomic E-state index is -0.791. The van der Waals surface area contributed by atoms with Crippen molar-refractivity contribution < 1.29 is 19.4 Å². The van der Waals surface area contributed by atoms with Crippen LogP contribution in [0.4, 0.5) is 0 Å². The lowest BCUT2D eigenvalue weighted by Gasteiger charge is -2.27. The van der Waals surface area contributed by atoms with Crippen molar-refractivity contribution in [3.05, 3.63) is 0 Å². The molecule has 0 amide bonds. The molecule has 2 rings (SSSR count). The molecular formula is C11H18O4. The highest BCUT2D eigenvalue weighted by molar-refractivity contribution is 5.66. The van der Waals surface area contributed by atoms with Gasteiger partial charge in [-0.05, 0) is 25.7 Å². The van der Waals surface area contributed by atoms with Crippen molar-refractivity contribution >= 4 is 5.97 Å². The van der Waals surface area contributed by atoms with Crippen LogP contribution in [0.3, 0.4) is 0 Å². The molecule has 0 aromatic carbocycles. The molecule has 2 fully saturated rings. The minimum absolute atomic E-state index is 0.0310. The van der Waals surface area contributed by atoms with Crippen LogP contribution in [0.25, 0.3) is 0 Å². The van der Waals surface area contributed by atoms with Gasteiger partial charge in [0.2, 0.25) is 0 Å². The van der Waals surface area contributed by atoms with Gasteiger partial charge >= 0.3 is 5.97 Å². The maximum atomic E-state index is 10.4. The largest absolute Gasteiger partial charge is 0.481 e. The third-order valence-electron chi connectivity index (χ3n) is 3.87. The average Bonchev–Trinajstić information content (AvgIpc) is 2.74. The number of rotatable bonds is 5. The Morgan fingerprint density at radius 3 is 2.33 bits per heavy atom. The molecule has 0 spiro atoms. The van der Waals surface area contributed by atoms with E-state index >= 15 is 0 Å². The molecular weight excluding hydrogens is 196 g/mol. The van der Waals surface area contributed by atoms with Crippen molar-refractivity contribution in [3.8, 4) is 0 Å². The van der Waals surface area contributed by atoms with Gasteiger partial charge in [0.25, 0.3) is 0 Å². The van der Waals surface area contributed by atoms with Gasteiger partial charge in [0.15, 0.2) is 0 Å². The average molecular weight is 214 g/mol. The van der Waals surface area contributed by atoms with Crippen molar-refractivity contribution in [2.75, 3.05) is 13.7 Å². The van der Waals surface area contributed by atoms with E-state index in [1.165, 1.54) is 0 Å². The number of carboxylic acid groups (broad SMARTS) is 1. The van der Waals surface area contributed by atoms with Gasteiger partial charge in [0.05, 0.1) is 24.2 Å². The van der Waals surface area contributed by atoms with E-state index in [9.17, 15) is 4.79 Å². The Morgan fingerprint density at radius 2 is 1.87 bits per heavy atom. The van der Waals surface area contributed by atoms with Gasteiger partial charge in [-0.15, -0.1) is 0 Å². The highest BCUT2D eigenvalue weighted by Crippen LogP contribution is 2.54. The van der Waals surface area contributed by atoms with Crippen molar-refractivity contribution in [1.29, 1.82) is 0 Å². The van der Waals surface area contributed by atoms with Crippen LogP contribution in [0.15, 0.2) is 0 Å². The first-order valence-electron chi connectivity index (χ1n) is 5.51. The van der Waals surface area contributed by atoms with Gasteiger partial charge in [-0.2, -0.15) is 0 Å². The van der Waals surface area contributed by atoms with Crippen LogP contribution in [0.2, 0.25) is 0 Å². The van der Waals surface area contributed by atoms with Gasteiger partial charge in [-0.3, -0.25) is 4.79 Å². The second-order valence-electron chi connectivity index (χ2n) is 4.74. The topological polar surface area (TPSA) is 55.8 Å². The maximum Gasteiger partial charge on any atom is 0.305 e. The summed E-state index contributed by atoms with van der Waals surface area (Å²) in [4.78, 5) is 10.4. The summed E-state index contributed by atoms with van der Waals surface area (Å²) in [5.74, 6) is -0.791. The molecule has 0 atom stereocenters. The highest BCUT2D eigenvalue weighted by Gasteiger charge is 2.55. The number of aliphatic carboxylic acids is 1. The predicted molar refractivity (Wildman–Crippen MR) is 53.8 cm³/mol. The summed E-state index contributed by atoms with van der Waals surface area (Å²) in [5, 5.41) is 8.55. The number of methoxy groups -OCH3 is 1. The summed E-state index contributed by atoms with van der Waals surface area (Å²) in [6.45, 7) is 0.328. The molecule has 4 nitrogen and oxygen atoms in total. The molecule has 0 aliphatic heterocycles. The van der Waals surface area contributed by atoms with Crippen LogP contribution in [-0.4, -0.2) is 36.0 Å². The molecule has 2 saturated carbocycles. The molecule has 0 saturated heterocycles. The Bertz CT molecular complexity index is 253. The predicted octanol–water partition coefficient (Wildman–Crippen LogP) is 1.58. The van der Waals surface area contributed by atoms with E-state index < -0.39 is 5.97 Å². The van der Waals surface area contributed by atoms with E-state index in [2.05, 4.69) is 0 Å². The molecule has 0 radical (unpaired) electrons. The molecule has 2 aliphatic rings. The van der Waals surface area contributed by atoms with E-state index in [1.807, 2.05) is 0 Å². The number of ether oxygens (including phenoxy) is 2. The number of fused-ring (bicyclic) bond motifs is 2. The van der Waals surface area contributed by atoms with Crippen LogP contribution < -0.4 is 0 Å². The zero-order valence-electron chi connectivity index (χ0n) is 9.12. The summed E-state index contributed by atoms with van der Waals surface area (Å²) in [5.41, 5.74) is -0.0469. The molecule has 1 N–H and O–H groups in total. The molecule has 0 unspecified atom stereocenters. The lowest BCUT2D eigenvalue weighted by Crippen LogP contribution is -2.27. The minimum Gasteiger partial charge on any atom is -0.481 e. The van der Waals surface area contributed by atoms with Crippen LogP contribution in [0, 0.1) is 0 Å². The monoisotopic (exact) mass is 214 g/mol. The third-order valence-corrected chi connectivity index (χ3v) is 3.87. The number of carboxylic acids is 1. The number of hydrogen-bond acceptors (Lipinski definition) is 3. The first-order valence-corrected chi connectivity index (χ1v) is 5.51. The molecule has 0 heterocycles. The molecule has 2 bridgehead atoms. The third kappa shape index (κ3) is 2.01. The standard InChI is InChI=1S/C11H18O4/c1-14-10-3-5-11(8-10,6-4-10)15-7-2-9(12)13/h2-8H2,1H3,(H,12,13). The van der Waals surface area contributed by atoms with Gasteiger partial charge in [-0.1, -0.05) is 0 Å². The number of hydrogen-bond donors (Lipinski definition) is 1. The fourth-order valence-corrected chi connectivity index (χ4v) is 2.93. The summed E-state index contributed by atoms with van der Waals surface area (Å²) in [6.07, 6.45) is 5.17. The Morgan fingerprint density at radius 1 is 1.27 bits per heavy atom. The Labute approximate surface area is 89.6 Å². The van der Waals surface area contributed by atoms with E-state index in [-0.39, 0.29) is 17.6 Å². The van der Waals surface area contributed by atoms with Crippen LogP contribution >= 0.6 is 0 Å². The van der Waals surface area contributed by atoms with Crippen molar-refractivity contribution in [2.45, 2.75) is 49.7 Å². The van der Waals surface area contributed by atoms with E-state index in [1.54, 1.807) is 7.11 Å². The molecule has 4 heteroatoms. The van der Waals surface area contributed by atoms with Crippen molar-refractivity contribution in [3.63, 3.8) is 0 Å². The van der Waals surface area contributed by atoms with Crippen molar-refractivity contribution in [2.24, 2.45) is 0 Å². The molecule has 15 heavy (non-hydrogen) atoms. The van der Waals surface area contributed by atoms with E-state index in [4.69, 9.17) is 14.6 Å². The van der Waals surface area contributed by atoms with Gasteiger partial charge in [0.1, 0.15) is 0 Å². The smallest absolute Gasteiger partial charge is 0.305 e. The van der Waals surface area contributed by atoms with Crippen molar-refractivity contribution in [1.82, 2.24) is 0 Å². The zero-order chi connectivity index (χ0) is 10.9.